The van der Waals surface area contributed by atoms with Gasteiger partial charge < -0.3 is 20.6 Å². The summed E-state index contributed by atoms with van der Waals surface area (Å²) in [5, 5.41) is 17.1. The molecule has 2 saturated carbocycles. The summed E-state index contributed by atoms with van der Waals surface area (Å²) in [5.74, 6) is 1.06. The topological polar surface area (TPSA) is 77.0 Å². The van der Waals surface area contributed by atoms with E-state index in [4.69, 9.17) is 0 Å². The molecule has 0 aromatic carbocycles. The lowest BCUT2D eigenvalue weighted by atomic mass is 9.85. The van der Waals surface area contributed by atoms with Gasteiger partial charge in [-0.05, 0) is 32.1 Å². The van der Waals surface area contributed by atoms with E-state index in [1.807, 2.05) is 14.1 Å². The standard InChI is InChI=1S/C17H32N4O2.HI/c1-18-16(19-12-17(23)9-4-5-10-17)20-14-8-6-7-13(11-14)15(22)21(2)3;/h13-14,23H,4-12H2,1-3H3,(H2,18,19,20);1H. The Hall–Kier alpha value is -0.570. The molecule has 140 valence electrons. The Kier molecular flexibility index (Phi) is 8.76. The van der Waals surface area contributed by atoms with Gasteiger partial charge in [0.1, 0.15) is 0 Å². The van der Waals surface area contributed by atoms with E-state index in [0.717, 1.165) is 57.3 Å². The van der Waals surface area contributed by atoms with Gasteiger partial charge in [0.15, 0.2) is 5.96 Å². The highest BCUT2D eigenvalue weighted by atomic mass is 127. The van der Waals surface area contributed by atoms with E-state index in [-0.39, 0.29) is 41.8 Å². The summed E-state index contributed by atoms with van der Waals surface area (Å²) >= 11 is 0. The number of guanidine groups is 1. The Morgan fingerprint density at radius 3 is 2.50 bits per heavy atom. The van der Waals surface area contributed by atoms with Crippen LogP contribution in [0.5, 0.6) is 0 Å². The third-order valence-electron chi connectivity index (χ3n) is 5.15. The first-order valence-corrected chi connectivity index (χ1v) is 8.84. The normalized spacial score (nSPS) is 26.4. The lowest BCUT2D eigenvalue weighted by Gasteiger charge is -2.32. The Morgan fingerprint density at radius 2 is 1.92 bits per heavy atom. The molecule has 2 atom stereocenters. The molecule has 0 aromatic rings. The van der Waals surface area contributed by atoms with Gasteiger partial charge in [-0.2, -0.15) is 0 Å². The first-order chi connectivity index (χ1) is 10.9. The molecular formula is C17H33IN4O2. The molecule has 0 aliphatic heterocycles. The zero-order chi connectivity index (χ0) is 16.9. The van der Waals surface area contributed by atoms with Crippen LogP contribution in [0.1, 0.15) is 51.4 Å². The molecule has 2 unspecified atom stereocenters. The molecule has 0 radical (unpaired) electrons. The van der Waals surface area contributed by atoms with Gasteiger partial charge in [-0.15, -0.1) is 24.0 Å². The maximum Gasteiger partial charge on any atom is 0.225 e. The Labute approximate surface area is 162 Å². The lowest BCUT2D eigenvalue weighted by molar-refractivity contribution is -0.134. The third-order valence-corrected chi connectivity index (χ3v) is 5.15. The molecular weight excluding hydrogens is 419 g/mol. The molecule has 2 aliphatic rings. The second-order valence-electron chi connectivity index (χ2n) is 7.29. The largest absolute Gasteiger partial charge is 0.388 e. The Morgan fingerprint density at radius 1 is 1.25 bits per heavy atom. The number of nitrogens with zero attached hydrogens (tertiary/aromatic N) is 2. The first kappa shape index (κ1) is 21.5. The molecule has 2 rings (SSSR count). The summed E-state index contributed by atoms with van der Waals surface area (Å²) in [6.07, 6.45) is 7.86. The minimum atomic E-state index is -0.590. The fourth-order valence-corrected chi connectivity index (χ4v) is 3.76. The van der Waals surface area contributed by atoms with Crippen molar-refractivity contribution in [3.05, 3.63) is 0 Å². The van der Waals surface area contributed by atoms with Crippen molar-refractivity contribution in [2.75, 3.05) is 27.7 Å². The Bertz CT molecular complexity index is 436. The van der Waals surface area contributed by atoms with Gasteiger partial charge >= 0.3 is 0 Å². The minimum absolute atomic E-state index is 0. The highest BCUT2D eigenvalue weighted by Crippen LogP contribution is 2.28. The predicted octanol–water partition coefficient (Wildman–Crippen LogP) is 1.72. The van der Waals surface area contributed by atoms with Crippen LogP contribution < -0.4 is 10.6 Å². The SMILES string of the molecule is CN=C(NCC1(O)CCCC1)NC1CCCC(C(=O)N(C)C)C1.I. The van der Waals surface area contributed by atoms with Crippen LogP contribution in [0, 0.1) is 5.92 Å². The van der Waals surface area contributed by atoms with Crippen LogP contribution in [0.15, 0.2) is 4.99 Å². The monoisotopic (exact) mass is 452 g/mol. The van der Waals surface area contributed by atoms with Crippen molar-refractivity contribution < 1.29 is 9.90 Å². The van der Waals surface area contributed by atoms with Gasteiger partial charge in [-0.25, -0.2) is 0 Å². The zero-order valence-electron chi connectivity index (χ0n) is 15.2. The van der Waals surface area contributed by atoms with Crippen LogP contribution in [-0.4, -0.2) is 61.2 Å². The van der Waals surface area contributed by atoms with Crippen LogP contribution in [0.3, 0.4) is 0 Å². The number of rotatable bonds is 4. The van der Waals surface area contributed by atoms with E-state index in [1.54, 1.807) is 11.9 Å². The van der Waals surface area contributed by atoms with Crippen molar-refractivity contribution in [1.29, 1.82) is 0 Å². The number of aliphatic imine (C=N–C) groups is 1. The van der Waals surface area contributed by atoms with E-state index in [9.17, 15) is 9.90 Å². The van der Waals surface area contributed by atoms with Gasteiger partial charge in [0, 0.05) is 39.6 Å². The first-order valence-electron chi connectivity index (χ1n) is 8.84. The summed E-state index contributed by atoms with van der Waals surface area (Å²) in [5.41, 5.74) is -0.590. The van der Waals surface area contributed by atoms with Gasteiger partial charge in [-0.1, -0.05) is 19.3 Å². The van der Waals surface area contributed by atoms with Crippen LogP contribution in [0.4, 0.5) is 0 Å². The molecule has 3 N–H and O–H groups in total. The van der Waals surface area contributed by atoms with Crippen LogP contribution >= 0.6 is 24.0 Å². The molecule has 0 aromatic heterocycles. The number of nitrogens with one attached hydrogen (secondary N) is 2. The van der Waals surface area contributed by atoms with E-state index >= 15 is 0 Å². The Balaban J connectivity index is 0.00000288. The van der Waals surface area contributed by atoms with Crippen molar-refractivity contribution in [2.45, 2.75) is 63.0 Å². The zero-order valence-corrected chi connectivity index (χ0v) is 17.5. The smallest absolute Gasteiger partial charge is 0.225 e. The fourth-order valence-electron chi connectivity index (χ4n) is 3.76. The van der Waals surface area contributed by atoms with Crippen molar-refractivity contribution in [3.63, 3.8) is 0 Å². The molecule has 2 aliphatic carbocycles. The molecule has 0 spiro atoms. The molecule has 2 fully saturated rings. The van der Waals surface area contributed by atoms with E-state index < -0.39 is 5.60 Å². The second-order valence-corrected chi connectivity index (χ2v) is 7.29. The quantitative estimate of drug-likeness (QED) is 0.345. The highest BCUT2D eigenvalue weighted by Gasteiger charge is 2.32. The molecule has 0 bridgehead atoms. The average molecular weight is 452 g/mol. The summed E-state index contributed by atoms with van der Waals surface area (Å²) in [7, 11) is 5.39. The summed E-state index contributed by atoms with van der Waals surface area (Å²) in [6, 6.07) is 0.266. The van der Waals surface area contributed by atoms with Crippen molar-refractivity contribution >= 4 is 35.8 Å². The van der Waals surface area contributed by atoms with Crippen molar-refractivity contribution in [2.24, 2.45) is 10.9 Å². The third kappa shape index (κ3) is 6.06. The van der Waals surface area contributed by atoms with E-state index in [2.05, 4.69) is 15.6 Å². The molecule has 0 heterocycles. The van der Waals surface area contributed by atoms with E-state index in [1.165, 1.54) is 0 Å². The van der Waals surface area contributed by atoms with Crippen molar-refractivity contribution in [3.8, 4) is 0 Å². The van der Waals surface area contributed by atoms with Gasteiger partial charge in [0.2, 0.25) is 5.91 Å². The van der Waals surface area contributed by atoms with Crippen LogP contribution in [0.25, 0.3) is 0 Å². The fraction of sp³-hybridized carbons (Fsp3) is 0.882. The number of hydrogen-bond donors (Lipinski definition) is 3. The maximum atomic E-state index is 12.2. The van der Waals surface area contributed by atoms with E-state index in [0.29, 0.717) is 6.54 Å². The van der Waals surface area contributed by atoms with Gasteiger partial charge in [0.25, 0.3) is 0 Å². The number of amides is 1. The number of carbonyl (C=O) groups is 1. The molecule has 6 nitrogen and oxygen atoms in total. The molecule has 0 saturated heterocycles. The predicted molar refractivity (Wildman–Crippen MR) is 108 cm³/mol. The number of hydrogen-bond acceptors (Lipinski definition) is 3. The van der Waals surface area contributed by atoms with Gasteiger partial charge in [0.05, 0.1) is 5.60 Å². The average Bonchev–Trinajstić information content (AvgIpc) is 2.98. The lowest BCUT2D eigenvalue weighted by Crippen LogP contribution is -2.50. The summed E-state index contributed by atoms with van der Waals surface area (Å²) < 4.78 is 0. The number of carbonyl (C=O) groups excluding carboxylic acids is 1. The number of halogens is 1. The highest BCUT2D eigenvalue weighted by molar-refractivity contribution is 14.0. The summed E-state index contributed by atoms with van der Waals surface area (Å²) in [6.45, 7) is 0.541. The summed E-state index contributed by atoms with van der Waals surface area (Å²) in [4.78, 5) is 18.1. The molecule has 7 heteroatoms. The van der Waals surface area contributed by atoms with Gasteiger partial charge in [-0.3, -0.25) is 9.79 Å². The second kappa shape index (κ2) is 9.79. The molecule has 24 heavy (non-hydrogen) atoms. The minimum Gasteiger partial charge on any atom is -0.388 e. The maximum absolute atomic E-state index is 12.2. The van der Waals surface area contributed by atoms with Crippen LogP contribution in [-0.2, 0) is 4.79 Å². The number of aliphatic hydroxyl groups is 1. The molecule has 1 amide bonds. The van der Waals surface area contributed by atoms with Crippen LogP contribution in [0.2, 0.25) is 0 Å². The van der Waals surface area contributed by atoms with Crippen molar-refractivity contribution in [1.82, 2.24) is 15.5 Å².